The molecule has 0 radical (unpaired) electrons. The van der Waals surface area contributed by atoms with Crippen LogP contribution < -0.4 is 15.6 Å². The van der Waals surface area contributed by atoms with Crippen LogP contribution in [0.4, 0.5) is 51.1 Å². The van der Waals surface area contributed by atoms with Gasteiger partial charge in [-0.25, -0.2) is 9.55 Å². The standard InChI is InChI=1S/C20H11ClF9N3O2/c1-35-11-5-3-10(4-6-11)33-16(34)14(21)15(20(28,29)30)32-17(33)31-13-7-2-9(18(22,23)24)8-12(13)19(25,26)27/h2-8H,1H3,(H,31,32). The molecule has 3 aromatic rings. The van der Waals surface area contributed by atoms with Crippen LogP contribution in [0, 0.1) is 0 Å². The van der Waals surface area contributed by atoms with Crippen LogP contribution in [0.25, 0.3) is 5.69 Å². The van der Waals surface area contributed by atoms with Gasteiger partial charge in [-0.05, 0) is 42.5 Å². The Balaban J connectivity index is 2.29. The molecule has 0 saturated carbocycles. The van der Waals surface area contributed by atoms with E-state index in [1.165, 1.54) is 31.4 Å². The maximum Gasteiger partial charge on any atom is 0.435 e. The first-order valence-corrected chi connectivity index (χ1v) is 9.51. The highest BCUT2D eigenvalue weighted by Crippen LogP contribution is 2.41. The van der Waals surface area contributed by atoms with Crippen LogP contribution in [0.15, 0.2) is 47.3 Å². The molecule has 0 bridgehead atoms. The average molecular weight is 532 g/mol. The molecule has 1 N–H and O–H groups in total. The van der Waals surface area contributed by atoms with Crippen LogP contribution in [0.1, 0.15) is 16.8 Å². The van der Waals surface area contributed by atoms with E-state index < -0.39 is 57.6 Å². The predicted octanol–water partition coefficient (Wildman–Crippen LogP) is 6.69. The van der Waals surface area contributed by atoms with Crippen molar-refractivity contribution >= 4 is 23.2 Å². The molecule has 0 aliphatic heterocycles. The third-order valence-corrected chi connectivity index (χ3v) is 4.87. The van der Waals surface area contributed by atoms with Gasteiger partial charge in [0, 0.05) is 0 Å². The number of rotatable bonds is 4. The Morgan fingerprint density at radius 3 is 1.97 bits per heavy atom. The highest BCUT2D eigenvalue weighted by molar-refractivity contribution is 6.31. The zero-order chi connectivity index (χ0) is 26.3. The van der Waals surface area contributed by atoms with Crippen LogP contribution in [0.3, 0.4) is 0 Å². The first-order valence-electron chi connectivity index (χ1n) is 9.13. The zero-order valence-electron chi connectivity index (χ0n) is 17.0. The third-order valence-electron chi connectivity index (χ3n) is 4.53. The number of alkyl halides is 9. The van der Waals surface area contributed by atoms with E-state index in [0.29, 0.717) is 10.6 Å². The molecule has 1 aromatic heterocycles. The Bertz CT molecular complexity index is 1300. The maximum atomic E-state index is 13.5. The Hall–Kier alpha value is -3.42. The first-order chi connectivity index (χ1) is 16.0. The fourth-order valence-corrected chi connectivity index (χ4v) is 3.16. The molecule has 3 rings (SSSR count). The molecular weight excluding hydrogens is 521 g/mol. The molecule has 188 valence electrons. The largest absolute Gasteiger partial charge is 0.497 e. The lowest BCUT2D eigenvalue weighted by Gasteiger charge is -2.20. The lowest BCUT2D eigenvalue weighted by molar-refractivity contribution is -0.143. The number of nitrogens with zero attached hydrogens (tertiary/aromatic N) is 2. The second-order valence-corrected chi connectivity index (χ2v) is 7.19. The van der Waals surface area contributed by atoms with Gasteiger partial charge >= 0.3 is 18.5 Å². The van der Waals surface area contributed by atoms with E-state index in [-0.39, 0.29) is 23.6 Å². The zero-order valence-corrected chi connectivity index (χ0v) is 17.8. The van der Waals surface area contributed by atoms with Crippen molar-refractivity contribution in [3.05, 3.63) is 74.7 Å². The van der Waals surface area contributed by atoms with E-state index >= 15 is 0 Å². The van der Waals surface area contributed by atoms with Gasteiger partial charge in [0.15, 0.2) is 5.69 Å². The summed E-state index contributed by atoms with van der Waals surface area (Å²) in [6.07, 6.45) is -15.8. The molecule has 0 amide bonds. The minimum absolute atomic E-state index is 0.179. The minimum atomic E-state index is -5.35. The number of aromatic nitrogens is 2. The van der Waals surface area contributed by atoms with E-state index in [4.69, 9.17) is 16.3 Å². The van der Waals surface area contributed by atoms with Gasteiger partial charge in [0.2, 0.25) is 5.95 Å². The van der Waals surface area contributed by atoms with Crippen molar-refractivity contribution in [1.82, 2.24) is 9.55 Å². The van der Waals surface area contributed by atoms with Gasteiger partial charge in [-0.2, -0.15) is 39.5 Å². The summed E-state index contributed by atoms with van der Waals surface area (Å²) in [7, 11) is 1.30. The van der Waals surface area contributed by atoms with Gasteiger partial charge in [0.1, 0.15) is 10.8 Å². The summed E-state index contributed by atoms with van der Waals surface area (Å²) >= 11 is 5.57. The molecule has 0 atom stereocenters. The van der Waals surface area contributed by atoms with Gasteiger partial charge in [0.05, 0.1) is 29.6 Å². The van der Waals surface area contributed by atoms with Gasteiger partial charge in [0.25, 0.3) is 5.56 Å². The Kier molecular flexibility index (Phi) is 6.72. The van der Waals surface area contributed by atoms with Gasteiger partial charge in [-0.15, -0.1) is 0 Å². The number of hydrogen-bond donors (Lipinski definition) is 1. The number of halogens is 10. The lowest BCUT2D eigenvalue weighted by Crippen LogP contribution is -2.28. The van der Waals surface area contributed by atoms with Gasteiger partial charge in [-0.3, -0.25) is 4.79 Å². The number of methoxy groups -OCH3 is 1. The van der Waals surface area contributed by atoms with Crippen molar-refractivity contribution in [2.75, 3.05) is 12.4 Å². The number of anilines is 2. The highest BCUT2D eigenvalue weighted by atomic mass is 35.5. The summed E-state index contributed by atoms with van der Waals surface area (Å²) in [5.74, 6) is -0.813. The van der Waals surface area contributed by atoms with Crippen molar-refractivity contribution in [2.24, 2.45) is 0 Å². The molecule has 35 heavy (non-hydrogen) atoms. The number of hydrogen-bond acceptors (Lipinski definition) is 4. The van der Waals surface area contributed by atoms with Crippen LogP contribution in [0.5, 0.6) is 5.75 Å². The minimum Gasteiger partial charge on any atom is -0.497 e. The summed E-state index contributed by atoms with van der Waals surface area (Å²) in [6.45, 7) is 0. The van der Waals surface area contributed by atoms with Crippen molar-refractivity contribution in [3.8, 4) is 11.4 Å². The van der Waals surface area contributed by atoms with E-state index in [0.717, 1.165) is 0 Å². The SMILES string of the molecule is COc1ccc(-n2c(Nc3ccc(C(F)(F)F)cc3C(F)(F)F)nc(C(F)(F)F)c(Cl)c2=O)cc1. The Morgan fingerprint density at radius 2 is 1.49 bits per heavy atom. The summed E-state index contributed by atoms with van der Waals surface area (Å²) in [4.78, 5) is 15.9. The third kappa shape index (κ3) is 5.47. The first kappa shape index (κ1) is 26.2. The second kappa shape index (κ2) is 8.98. The summed E-state index contributed by atoms with van der Waals surface area (Å²) in [6, 6.07) is 5.35. The normalized spacial score (nSPS) is 12.5. The lowest BCUT2D eigenvalue weighted by atomic mass is 10.1. The molecule has 15 heteroatoms. The molecule has 0 saturated heterocycles. The molecule has 0 fully saturated rings. The fourth-order valence-electron chi connectivity index (χ4n) is 2.93. The van der Waals surface area contributed by atoms with Crippen LogP contribution in [-0.4, -0.2) is 16.7 Å². The van der Waals surface area contributed by atoms with Crippen LogP contribution in [-0.2, 0) is 18.5 Å². The second-order valence-electron chi connectivity index (χ2n) is 6.82. The molecule has 1 heterocycles. The summed E-state index contributed by atoms with van der Waals surface area (Å²) < 4.78 is 125. The summed E-state index contributed by atoms with van der Waals surface area (Å²) in [5.41, 5.74) is -8.18. The van der Waals surface area contributed by atoms with E-state index in [1.54, 1.807) is 0 Å². The molecule has 0 aliphatic carbocycles. The molecule has 0 aliphatic rings. The average Bonchev–Trinajstić information content (AvgIpc) is 2.74. The van der Waals surface area contributed by atoms with Gasteiger partial charge in [-0.1, -0.05) is 11.6 Å². The molecular formula is C20H11ClF9N3O2. The van der Waals surface area contributed by atoms with Crippen molar-refractivity contribution < 1.29 is 44.3 Å². The van der Waals surface area contributed by atoms with E-state index in [1.807, 2.05) is 5.32 Å². The van der Waals surface area contributed by atoms with Crippen molar-refractivity contribution in [2.45, 2.75) is 18.5 Å². The molecule has 5 nitrogen and oxygen atoms in total. The number of ether oxygens (including phenoxy) is 1. The number of nitrogens with one attached hydrogen (secondary N) is 1. The Labute approximate surface area is 194 Å². The topological polar surface area (TPSA) is 56.1 Å². The van der Waals surface area contributed by atoms with Crippen LogP contribution in [0.2, 0.25) is 5.02 Å². The van der Waals surface area contributed by atoms with Crippen LogP contribution >= 0.6 is 11.6 Å². The highest BCUT2D eigenvalue weighted by Gasteiger charge is 2.40. The number of benzene rings is 2. The smallest absolute Gasteiger partial charge is 0.435 e. The van der Waals surface area contributed by atoms with E-state index in [9.17, 15) is 44.3 Å². The molecule has 2 aromatic carbocycles. The van der Waals surface area contributed by atoms with Gasteiger partial charge < -0.3 is 10.1 Å². The Morgan fingerprint density at radius 1 is 0.886 bits per heavy atom. The maximum absolute atomic E-state index is 13.5. The molecule has 0 unspecified atom stereocenters. The van der Waals surface area contributed by atoms with E-state index in [2.05, 4.69) is 4.98 Å². The van der Waals surface area contributed by atoms with Crippen molar-refractivity contribution in [1.29, 1.82) is 0 Å². The molecule has 0 spiro atoms. The predicted molar refractivity (Wildman–Crippen MR) is 106 cm³/mol. The monoisotopic (exact) mass is 531 g/mol. The summed E-state index contributed by atoms with van der Waals surface area (Å²) in [5, 5.41) is 0.536. The van der Waals surface area contributed by atoms with Crippen molar-refractivity contribution in [3.63, 3.8) is 0 Å². The quantitative estimate of drug-likeness (QED) is 0.381. The fraction of sp³-hybridized carbons (Fsp3) is 0.200.